The van der Waals surface area contributed by atoms with Crippen LogP contribution in [-0.2, 0) is 9.84 Å². The highest BCUT2D eigenvalue weighted by Gasteiger charge is 2.33. The minimum absolute atomic E-state index is 0.105. The van der Waals surface area contributed by atoms with Crippen LogP contribution in [0.25, 0.3) is 0 Å². The summed E-state index contributed by atoms with van der Waals surface area (Å²) in [5, 5.41) is 2.79. The van der Waals surface area contributed by atoms with Crippen molar-refractivity contribution in [1.29, 1.82) is 0 Å². The van der Waals surface area contributed by atoms with E-state index in [-0.39, 0.29) is 17.2 Å². The van der Waals surface area contributed by atoms with Crippen molar-refractivity contribution in [3.8, 4) is 0 Å². The van der Waals surface area contributed by atoms with Crippen LogP contribution in [-0.4, -0.2) is 27.0 Å². The lowest BCUT2D eigenvalue weighted by molar-refractivity contribution is 0.282. The third-order valence-corrected chi connectivity index (χ3v) is 6.00. The molecule has 1 fully saturated rings. The highest BCUT2D eigenvalue weighted by Crippen LogP contribution is 2.36. The van der Waals surface area contributed by atoms with Crippen LogP contribution < -0.4 is 5.32 Å². The highest BCUT2D eigenvalue weighted by molar-refractivity contribution is 7.91. The van der Waals surface area contributed by atoms with Gasteiger partial charge in [0.2, 0.25) is 0 Å². The van der Waals surface area contributed by atoms with Crippen LogP contribution in [0.15, 0.2) is 18.2 Å². The largest absolute Gasteiger partial charge is 0.313 e. The molecule has 1 aromatic rings. The van der Waals surface area contributed by atoms with Crippen molar-refractivity contribution in [1.82, 2.24) is 5.32 Å². The number of hydrogen-bond donors (Lipinski definition) is 1. The van der Waals surface area contributed by atoms with Gasteiger partial charge in [0, 0.05) is 12.3 Å². The molecule has 3 unspecified atom stereocenters. The molecule has 6 heteroatoms. The zero-order valence-corrected chi connectivity index (χ0v) is 13.1. The van der Waals surface area contributed by atoms with Crippen molar-refractivity contribution < 1.29 is 17.2 Å². The summed E-state index contributed by atoms with van der Waals surface area (Å²) in [6.45, 7) is 0. The van der Waals surface area contributed by atoms with Crippen molar-refractivity contribution in [2.75, 3.05) is 13.3 Å². The molecule has 1 aromatic carbocycles. The molecular weight excluding hydrogens is 296 g/mol. The molecule has 0 aliphatic heterocycles. The molecule has 0 aromatic heterocycles. The molecule has 0 amide bonds. The third kappa shape index (κ3) is 3.80. The molecule has 1 saturated carbocycles. The number of hydrogen-bond acceptors (Lipinski definition) is 3. The Bertz CT molecular complexity index is 604. The van der Waals surface area contributed by atoms with Crippen LogP contribution in [0, 0.1) is 17.6 Å². The molecule has 0 radical (unpaired) electrons. The maximum absolute atomic E-state index is 13.4. The molecule has 3 atom stereocenters. The molecule has 21 heavy (non-hydrogen) atoms. The fourth-order valence-electron chi connectivity index (χ4n) is 3.25. The van der Waals surface area contributed by atoms with Gasteiger partial charge in [-0.25, -0.2) is 17.2 Å². The Morgan fingerprint density at radius 3 is 2.52 bits per heavy atom. The van der Waals surface area contributed by atoms with Gasteiger partial charge < -0.3 is 5.32 Å². The summed E-state index contributed by atoms with van der Waals surface area (Å²) in [6, 6.07) is 3.71. The predicted molar refractivity (Wildman–Crippen MR) is 78.7 cm³/mol. The number of benzene rings is 1. The summed E-state index contributed by atoms with van der Waals surface area (Å²) in [5.74, 6) is -1.64. The van der Waals surface area contributed by atoms with Crippen LogP contribution in [0.3, 0.4) is 0 Å². The van der Waals surface area contributed by atoms with E-state index in [1.165, 1.54) is 12.3 Å². The van der Waals surface area contributed by atoms with Crippen LogP contribution in [0.5, 0.6) is 0 Å². The first-order chi connectivity index (χ1) is 9.82. The minimum Gasteiger partial charge on any atom is -0.313 e. The first-order valence-corrected chi connectivity index (χ1v) is 9.09. The molecule has 0 saturated heterocycles. The smallest absolute Gasteiger partial charge is 0.159 e. The van der Waals surface area contributed by atoms with Crippen LogP contribution >= 0.6 is 0 Å². The van der Waals surface area contributed by atoms with Crippen LogP contribution in [0.1, 0.15) is 37.3 Å². The molecule has 1 N–H and O–H groups in total. The fraction of sp³-hybridized carbons (Fsp3) is 0.600. The SMILES string of the molecule is CNC(c1ccc(F)c(F)c1)C1CCCC(S(C)(=O)=O)C1. The summed E-state index contributed by atoms with van der Waals surface area (Å²) < 4.78 is 50.0. The van der Waals surface area contributed by atoms with Crippen molar-refractivity contribution in [2.45, 2.75) is 37.0 Å². The highest BCUT2D eigenvalue weighted by atomic mass is 32.2. The van der Waals surface area contributed by atoms with Gasteiger partial charge in [-0.1, -0.05) is 12.5 Å². The fourth-order valence-corrected chi connectivity index (χ4v) is 4.44. The molecule has 1 aliphatic rings. The second-order valence-corrected chi connectivity index (χ2v) is 8.14. The van der Waals surface area contributed by atoms with E-state index in [1.807, 2.05) is 0 Å². The van der Waals surface area contributed by atoms with Gasteiger partial charge in [-0.15, -0.1) is 0 Å². The van der Waals surface area contributed by atoms with Crippen molar-refractivity contribution in [2.24, 2.45) is 5.92 Å². The average molecular weight is 317 g/mol. The lowest BCUT2D eigenvalue weighted by Crippen LogP contribution is -2.34. The average Bonchev–Trinajstić information content (AvgIpc) is 2.43. The Morgan fingerprint density at radius 2 is 1.95 bits per heavy atom. The van der Waals surface area contributed by atoms with Gasteiger partial charge in [0.25, 0.3) is 0 Å². The van der Waals surface area contributed by atoms with Crippen molar-refractivity contribution >= 4 is 9.84 Å². The topological polar surface area (TPSA) is 46.2 Å². The molecule has 3 nitrogen and oxygen atoms in total. The monoisotopic (exact) mass is 317 g/mol. The maximum atomic E-state index is 13.4. The summed E-state index contributed by atoms with van der Waals surface area (Å²) in [6.07, 6.45) is 4.24. The van der Waals surface area contributed by atoms with Gasteiger partial charge in [-0.3, -0.25) is 0 Å². The van der Waals surface area contributed by atoms with E-state index in [2.05, 4.69) is 5.32 Å². The Labute approximate surface area is 124 Å². The van der Waals surface area contributed by atoms with E-state index in [1.54, 1.807) is 13.1 Å². The van der Waals surface area contributed by atoms with Gasteiger partial charge in [-0.2, -0.15) is 0 Å². The molecule has 0 bridgehead atoms. The Morgan fingerprint density at radius 1 is 1.24 bits per heavy atom. The van der Waals surface area contributed by atoms with E-state index < -0.39 is 21.5 Å². The van der Waals surface area contributed by atoms with Crippen LogP contribution in [0.4, 0.5) is 8.78 Å². The van der Waals surface area contributed by atoms with Gasteiger partial charge in [0.1, 0.15) is 9.84 Å². The molecule has 0 spiro atoms. The summed E-state index contributed by atoms with van der Waals surface area (Å²) in [4.78, 5) is 0. The van der Waals surface area contributed by atoms with Gasteiger partial charge in [-0.05, 0) is 49.9 Å². The van der Waals surface area contributed by atoms with Crippen LogP contribution in [0.2, 0.25) is 0 Å². The number of rotatable bonds is 4. The Hall–Kier alpha value is -1.01. The van der Waals surface area contributed by atoms with Gasteiger partial charge in [0.15, 0.2) is 11.6 Å². The quantitative estimate of drug-likeness (QED) is 0.929. The molecule has 2 rings (SSSR count). The molecular formula is C15H21F2NO2S. The van der Waals surface area contributed by atoms with Crippen molar-refractivity contribution in [3.63, 3.8) is 0 Å². The third-order valence-electron chi connectivity index (χ3n) is 4.36. The number of sulfone groups is 1. The van der Waals surface area contributed by atoms with Gasteiger partial charge >= 0.3 is 0 Å². The van der Waals surface area contributed by atoms with E-state index in [9.17, 15) is 17.2 Å². The Kier molecular flexibility index (Phi) is 4.99. The first kappa shape index (κ1) is 16.4. The second kappa shape index (κ2) is 6.40. The number of halogens is 2. The van der Waals surface area contributed by atoms with E-state index in [0.29, 0.717) is 18.4 Å². The van der Waals surface area contributed by atoms with Gasteiger partial charge in [0.05, 0.1) is 5.25 Å². The molecule has 118 valence electrons. The lowest BCUT2D eigenvalue weighted by Gasteiger charge is -2.34. The van der Waals surface area contributed by atoms with E-state index >= 15 is 0 Å². The zero-order valence-electron chi connectivity index (χ0n) is 12.3. The summed E-state index contributed by atoms with van der Waals surface area (Å²) in [7, 11) is -1.30. The van der Waals surface area contributed by atoms with E-state index in [4.69, 9.17) is 0 Å². The van der Waals surface area contributed by atoms with Crippen molar-refractivity contribution in [3.05, 3.63) is 35.4 Å². The number of nitrogens with one attached hydrogen (secondary N) is 1. The lowest BCUT2D eigenvalue weighted by atomic mass is 9.81. The predicted octanol–water partition coefficient (Wildman–Crippen LogP) is 2.83. The Balaban J connectivity index is 2.22. The molecule has 1 aliphatic carbocycles. The standard InChI is InChI=1S/C15H21F2NO2S/c1-18-15(11-6-7-13(16)14(17)9-11)10-4-3-5-12(8-10)21(2,19)20/h6-7,9-10,12,15,18H,3-5,8H2,1-2H3. The summed E-state index contributed by atoms with van der Waals surface area (Å²) in [5.41, 5.74) is 0.663. The van der Waals surface area contributed by atoms with E-state index in [0.717, 1.165) is 18.9 Å². The summed E-state index contributed by atoms with van der Waals surface area (Å²) >= 11 is 0. The normalized spacial score (nSPS) is 24.8. The minimum atomic E-state index is -3.06. The first-order valence-electron chi connectivity index (χ1n) is 7.14. The molecule has 0 heterocycles. The maximum Gasteiger partial charge on any atom is 0.159 e. The second-order valence-electron chi connectivity index (χ2n) is 5.82. The zero-order chi connectivity index (χ0) is 15.6.